The fraction of sp³-hybridized carbons (Fsp3) is 0.261. The number of allylic oxidation sites excluding steroid dienone is 3. The van der Waals surface area contributed by atoms with Crippen molar-refractivity contribution < 1.29 is 4.79 Å². The lowest BCUT2D eigenvalue weighted by molar-refractivity contribution is -0.113. The molecule has 0 aliphatic heterocycles. The van der Waals surface area contributed by atoms with Gasteiger partial charge in [0.2, 0.25) is 0 Å². The van der Waals surface area contributed by atoms with Crippen molar-refractivity contribution in [3.8, 4) is 0 Å². The standard InChI is InChI=1S/C23H20O/c24-21-14-17-11-12-19-18-9-5-4-6-15(18)10-13-20(19)22(17)23(21)16-7-2-1-3-8-16/h1-10,13,17,19-20H,11-12,14H2/t17-,19-,20-/m1/s1. The fourth-order valence-corrected chi connectivity index (χ4v) is 5.00. The van der Waals surface area contributed by atoms with Crippen LogP contribution in [0.1, 0.15) is 41.9 Å². The van der Waals surface area contributed by atoms with Crippen molar-refractivity contribution in [1.29, 1.82) is 0 Å². The number of rotatable bonds is 1. The van der Waals surface area contributed by atoms with Crippen LogP contribution in [0, 0.1) is 11.8 Å². The molecule has 1 heteroatoms. The minimum atomic E-state index is 0.342. The molecule has 3 aliphatic rings. The second kappa shape index (κ2) is 5.31. The van der Waals surface area contributed by atoms with Gasteiger partial charge >= 0.3 is 0 Å². The average Bonchev–Trinajstić information content (AvgIpc) is 2.98. The largest absolute Gasteiger partial charge is 0.294 e. The first kappa shape index (κ1) is 14.0. The van der Waals surface area contributed by atoms with Gasteiger partial charge in [-0.05, 0) is 46.9 Å². The van der Waals surface area contributed by atoms with Crippen LogP contribution in [0.4, 0.5) is 0 Å². The lowest BCUT2D eigenvalue weighted by atomic mass is 9.65. The normalized spacial score (nSPS) is 27.7. The maximum Gasteiger partial charge on any atom is 0.164 e. The van der Waals surface area contributed by atoms with E-state index >= 15 is 0 Å². The Morgan fingerprint density at radius 3 is 2.54 bits per heavy atom. The molecule has 1 fully saturated rings. The number of carbonyl (C=O) groups is 1. The van der Waals surface area contributed by atoms with Crippen LogP contribution in [0.15, 0.2) is 66.2 Å². The molecule has 0 bridgehead atoms. The predicted molar refractivity (Wildman–Crippen MR) is 97.4 cm³/mol. The molecule has 0 amide bonds. The van der Waals surface area contributed by atoms with Gasteiger partial charge in [0.25, 0.3) is 0 Å². The maximum atomic E-state index is 12.8. The molecule has 0 radical (unpaired) electrons. The monoisotopic (exact) mass is 312 g/mol. The smallest absolute Gasteiger partial charge is 0.164 e. The average molecular weight is 312 g/mol. The molecule has 0 unspecified atom stereocenters. The highest BCUT2D eigenvalue weighted by atomic mass is 16.1. The molecule has 3 aliphatic carbocycles. The number of hydrogen-bond acceptors (Lipinski definition) is 1. The van der Waals surface area contributed by atoms with E-state index < -0.39 is 0 Å². The van der Waals surface area contributed by atoms with Gasteiger partial charge in [0.1, 0.15) is 0 Å². The summed E-state index contributed by atoms with van der Waals surface area (Å²) in [5, 5.41) is 0. The van der Waals surface area contributed by atoms with E-state index in [9.17, 15) is 4.79 Å². The summed E-state index contributed by atoms with van der Waals surface area (Å²) >= 11 is 0. The number of benzene rings is 2. The zero-order chi connectivity index (χ0) is 16.1. The van der Waals surface area contributed by atoms with Gasteiger partial charge in [-0.3, -0.25) is 4.79 Å². The Bertz CT molecular complexity index is 872. The summed E-state index contributed by atoms with van der Waals surface area (Å²) < 4.78 is 0. The van der Waals surface area contributed by atoms with E-state index in [-0.39, 0.29) is 0 Å². The van der Waals surface area contributed by atoms with Crippen molar-refractivity contribution in [2.45, 2.75) is 25.2 Å². The molecule has 2 aromatic rings. The fourth-order valence-electron chi connectivity index (χ4n) is 5.00. The molecule has 1 saturated carbocycles. The summed E-state index contributed by atoms with van der Waals surface area (Å²) in [7, 11) is 0. The Balaban J connectivity index is 1.68. The zero-order valence-corrected chi connectivity index (χ0v) is 13.6. The van der Waals surface area contributed by atoms with Gasteiger partial charge in [-0.15, -0.1) is 0 Å². The summed E-state index contributed by atoms with van der Waals surface area (Å²) in [5.74, 6) is 1.71. The minimum Gasteiger partial charge on any atom is -0.294 e. The van der Waals surface area contributed by atoms with Crippen LogP contribution >= 0.6 is 0 Å². The van der Waals surface area contributed by atoms with Crippen LogP contribution < -0.4 is 0 Å². The molecule has 24 heavy (non-hydrogen) atoms. The zero-order valence-electron chi connectivity index (χ0n) is 13.6. The number of carbonyl (C=O) groups excluding carboxylic acids is 1. The van der Waals surface area contributed by atoms with Crippen molar-refractivity contribution in [2.24, 2.45) is 11.8 Å². The van der Waals surface area contributed by atoms with Gasteiger partial charge in [-0.1, -0.05) is 66.7 Å². The Hall–Kier alpha value is -2.41. The lowest BCUT2D eigenvalue weighted by Gasteiger charge is -2.38. The molecule has 0 saturated heterocycles. The predicted octanol–water partition coefficient (Wildman–Crippen LogP) is 5.25. The third kappa shape index (κ3) is 1.97. The topological polar surface area (TPSA) is 17.1 Å². The summed E-state index contributed by atoms with van der Waals surface area (Å²) in [6.45, 7) is 0. The van der Waals surface area contributed by atoms with E-state index in [1.165, 1.54) is 23.1 Å². The van der Waals surface area contributed by atoms with Crippen molar-refractivity contribution in [1.82, 2.24) is 0 Å². The molecule has 0 spiro atoms. The van der Waals surface area contributed by atoms with Crippen LogP contribution in [0.25, 0.3) is 11.6 Å². The van der Waals surface area contributed by atoms with Gasteiger partial charge in [-0.2, -0.15) is 0 Å². The SMILES string of the molecule is O=C1C[C@H]2CC[C@@H]3c4ccccc4C=C[C@H]3C2=C1c1ccccc1. The molecule has 5 rings (SSSR count). The number of Topliss-reactive ketones (excluding diaryl/α,β-unsaturated/α-hetero) is 1. The minimum absolute atomic E-state index is 0.342. The van der Waals surface area contributed by atoms with Crippen molar-refractivity contribution in [3.05, 3.63) is 82.9 Å². The molecule has 0 aromatic heterocycles. The molecular formula is C23H20O. The van der Waals surface area contributed by atoms with Gasteiger partial charge < -0.3 is 0 Å². The van der Waals surface area contributed by atoms with Crippen molar-refractivity contribution in [2.75, 3.05) is 0 Å². The third-order valence-corrected chi connectivity index (χ3v) is 6.00. The first-order chi connectivity index (χ1) is 11.8. The van der Waals surface area contributed by atoms with E-state index in [4.69, 9.17) is 0 Å². The second-order valence-electron chi connectivity index (χ2n) is 7.22. The van der Waals surface area contributed by atoms with Crippen LogP contribution in [0.5, 0.6) is 0 Å². The van der Waals surface area contributed by atoms with Gasteiger partial charge in [-0.25, -0.2) is 0 Å². The van der Waals surface area contributed by atoms with Gasteiger partial charge in [0.05, 0.1) is 0 Å². The number of ketones is 1. The van der Waals surface area contributed by atoms with Crippen LogP contribution in [-0.2, 0) is 4.79 Å². The van der Waals surface area contributed by atoms with Crippen molar-refractivity contribution >= 4 is 17.4 Å². The Labute approximate surface area is 142 Å². The van der Waals surface area contributed by atoms with E-state index in [1.54, 1.807) is 0 Å². The summed E-state index contributed by atoms with van der Waals surface area (Å²) in [5.41, 5.74) is 6.34. The summed E-state index contributed by atoms with van der Waals surface area (Å²) in [6, 6.07) is 19.0. The van der Waals surface area contributed by atoms with Crippen LogP contribution in [0.3, 0.4) is 0 Å². The van der Waals surface area contributed by atoms with Gasteiger partial charge in [0, 0.05) is 17.9 Å². The quantitative estimate of drug-likeness (QED) is 0.703. The molecule has 0 heterocycles. The second-order valence-corrected chi connectivity index (χ2v) is 7.22. The molecule has 2 aromatic carbocycles. The Morgan fingerprint density at radius 2 is 1.67 bits per heavy atom. The highest BCUT2D eigenvalue weighted by Crippen LogP contribution is 2.54. The molecule has 1 nitrogen and oxygen atoms in total. The highest BCUT2D eigenvalue weighted by molar-refractivity contribution is 6.24. The Morgan fingerprint density at radius 1 is 0.875 bits per heavy atom. The lowest BCUT2D eigenvalue weighted by Crippen LogP contribution is -2.26. The van der Waals surface area contributed by atoms with Crippen LogP contribution in [0.2, 0.25) is 0 Å². The third-order valence-electron chi connectivity index (χ3n) is 6.00. The molecular weight excluding hydrogens is 292 g/mol. The van der Waals surface area contributed by atoms with Crippen molar-refractivity contribution in [3.63, 3.8) is 0 Å². The summed E-state index contributed by atoms with van der Waals surface area (Å²) in [6.07, 6.45) is 7.65. The van der Waals surface area contributed by atoms with E-state index in [0.717, 1.165) is 17.6 Å². The van der Waals surface area contributed by atoms with E-state index in [0.29, 0.717) is 30.0 Å². The molecule has 118 valence electrons. The highest BCUT2D eigenvalue weighted by Gasteiger charge is 2.43. The number of hydrogen-bond donors (Lipinski definition) is 0. The first-order valence-corrected chi connectivity index (χ1v) is 8.93. The van der Waals surface area contributed by atoms with Crippen LogP contribution in [-0.4, -0.2) is 5.78 Å². The van der Waals surface area contributed by atoms with Gasteiger partial charge in [0.15, 0.2) is 5.78 Å². The number of fused-ring (bicyclic) bond motifs is 5. The molecule has 0 N–H and O–H groups in total. The Kier molecular flexibility index (Phi) is 3.09. The maximum absolute atomic E-state index is 12.8. The first-order valence-electron chi connectivity index (χ1n) is 8.93. The summed E-state index contributed by atoms with van der Waals surface area (Å²) in [4.78, 5) is 12.8. The van der Waals surface area contributed by atoms with E-state index in [2.05, 4.69) is 48.6 Å². The van der Waals surface area contributed by atoms with E-state index in [1.807, 2.05) is 18.2 Å². The molecule has 3 atom stereocenters.